The first-order valence-corrected chi connectivity index (χ1v) is 6.49. The summed E-state index contributed by atoms with van der Waals surface area (Å²) in [7, 11) is 0. The SMILES string of the molecule is CCCCN(CC(=O)c1cccnc1)c1ncc[nH]1. The lowest BCUT2D eigenvalue weighted by molar-refractivity contribution is 0.0998. The molecule has 0 aliphatic rings. The van der Waals surface area contributed by atoms with Crippen LogP contribution in [-0.4, -0.2) is 33.8 Å². The van der Waals surface area contributed by atoms with Crippen molar-refractivity contribution >= 4 is 11.7 Å². The normalized spacial score (nSPS) is 10.4. The third kappa shape index (κ3) is 3.64. The number of Topliss-reactive ketones (excluding diaryl/α,β-unsaturated/α-hetero) is 1. The molecule has 0 fully saturated rings. The van der Waals surface area contributed by atoms with Gasteiger partial charge in [0.1, 0.15) is 0 Å². The number of carbonyl (C=O) groups excluding carboxylic acids is 1. The van der Waals surface area contributed by atoms with Crippen LogP contribution >= 0.6 is 0 Å². The van der Waals surface area contributed by atoms with Crippen LogP contribution in [0.4, 0.5) is 5.95 Å². The van der Waals surface area contributed by atoms with Crippen molar-refractivity contribution in [1.29, 1.82) is 0 Å². The van der Waals surface area contributed by atoms with E-state index in [1.165, 1.54) is 0 Å². The molecule has 0 amide bonds. The minimum absolute atomic E-state index is 0.0561. The molecule has 100 valence electrons. The molecule has 2 aromatic heterocycles. The van der Waals surface area contributed by atoms with E-state index >= 15 is 0 Å². The molecule has 2 rings (SSSR count). The van der Waals surface area contributed by atoms with Gasteiger partial charge in [-0.25, -0.2) is 4.98 Å². The zero-order valence-corrected chi connectivity index (χ0v) is 11.0. The summed E-state index contributed by atoms with van der Waals surface area (Å²) in [4.78, 5) is 25.4. The van der Waals surface area contributed by atoms with Crippen molar-refractivity contribution in [1.82, 2.24) is 15.0 Å². The van der Waals surface area contributed by atoms with Crippen molar-refractivity contribution in [3.8, 4) is 0 Å². The summed E-state index contributed by atoms with van der Waals surface area (Å²) in [5.74, 6) is 0.797. The van der Waals surface area contributed by atoms with Gasteiger partial charge in [0.05, 0.1) is 6.54 Å². The van der Waals surface area contributed by atoms with Crippen LogP contribution in [0.1, 0.15) is 30.1 Å². The Bertz CT molecular complexity index is 495. The number of ketones is 1. The molecule has 2 aromatic rings. The Balaban J connectivity index is 2.06. The number of hydrogen-bond donors (Lipinski definition) is 1. The van der Waals surface area contributed by atoms with Gasteiger partial charge in [0.2, 0.25) is 5.95 Å². The predicted octanol–water partition coefficient (Wildman–Crippen LogP) is 2.29. The standard InChI is InChI=1S/C14H18N4O/c1-2-3-9-18(14-16-7-8-17-14)11-13(19)12-5-4-6-15-10-12/h4-8,10H,2-3,9,11H2,1H3,(H,16,17). The van der Waals surface area contributed by atoms with E-state index in [1.54, 1.807) is 36.9 Å². The van der Waals surface area contributed by atoms with Crippen molar-refractivity contribution < 1.29 is 4.79 Å². The van der Waals surface area contributed by atoms with Gasteiger partial charge in [-0.05, 0) is 18.6 Å². The molecule has 0 spiro atoms. The highest BCUT2D eigenvalue weighted by atomic mass is 16.1. The number of aromatic amines is 1. The maximum absolute atomic E-state index is 12.2. The molecule has 0 saturated carbocycles. The Hall–Kier alpha value is -2.17. The van der Waals surface area contributed by atoms with E-state index in [-0.39, 0.29) is 5.78 Å². The Morgan fingerprint density at radius 2 is 2.32 bits per heavy atom. The van der Waals surface area contributed by atoms with Crippen LogP contribution < -0.4 is 4.90 Å². The number of anilines is 1. The number of imidazole rings is 1. The Morgan fingerprint density at radius 3 is 2.95 bits per heavy atom. The summed E-state index contributed by atoms with van der Waals surface area (Å²) in [5.41, 5.74) is 0.635. The smallest absolute Gasteiger partial charge is 0.203 e. The van der Waals surface area contributed by atoms with Crippen LogP contribution in [0, 0.1) is 0 Å². The second-order valence-corrected chi connectivity index (χ2v) is 4.35. The van der Waals surface area contributed by atoms with Crippen molar-refractivity contribution in [3.05, 3.63) is 42.5 Å². The molecule has 0 saturated heterocycles. The van der Waals surface area contributed by atoms with Crippen LogP contribution in [0.15, 0.2) is 36.9 Å². The van der Waals surface area contributed by atoms with Crippen LogP contribution in [0.3, 0.4) is 0 Å². The molecule has 0 aromatic carbocycles. The van der Waals surface area contributed by atoms with Crippen LogP contribution in [0.2, 0.25) is 0 Å². The molecule has 1 N–H and O–H groups in total. The maximum atomic E-state index is 12.2. The zero-order chi connectivity index (χ0) is 13.5. The number of nitrogens with zero attached hydrogens (tertiary/aromatic N) is 3. The van der Waals surface area contributed by atoms with Gasteiger partial charge in [-0.3, -0.25) is 9.78 Å². The zero-order valence-electron chi connectivity index (χ0n) is 11.0. The summed E-state index contributed by atoms with van der Waals surface area (Å²) < 4.78 is 0. The molecule has 0 aliphatic heterocycles. The predicted molar refractivity (Wildman–Crippen MR) is 74.3 cm³/mol. The lowest BCUT2D eigenvalue weighted by Crippen LogP contribution is -2.31. The topological polar surface area (TPSA) is 61.9 Å². The van der Waals surface area contributed by atoms with Gasteiger partial charge in [-0.2, -0.15) is 0 Å². The van der Waals surface area contributed by atoms with E-state index in [0.717, 1.165) is 25.3 Å². The van der Waals surface area contributed by atoms with E-state index in [1.807, 2.05) is 4.90 Å². The van der Waals surface area contributed by atoms with Crippen molar-refractivity contribution in [3.63, 3.8) is 0 Å². The quantitative estimate of drug-likeness (QED) is 0.774. The largest absolute Gasteiger partial charge is 0.335 e. The number of nitrogens with one attached hydrogen (secondary N) is 1. The second-order valence-electron chi connectivity index (χ2n) is 4.35. The number of carbonyl (C=O) groups is 1. The maximum Gasteiger partial charge on any atom is 0.203 e. The van der Waals surface area contributed by atoms with E-state index in [0.29, 0.717) is 12.1 Å². The fourth-order valence-electron chi connectivity index (χ4n) is 1.83. The van der Waals surface area contributed by atoms with Gasteiger partial charge < -0.3 is 9.88 Å². The van der Waals surface area contributed by atoms with Crippen LogP contribution in [0.5, 0.6) is 0 Å². The lowest BCUT2D eigenvalue weighted by Gasteiger charge is -2.20. The summed E-state index contributed by atoms with van der Waals surface area (Å²) >= 11 is 0. The lowest BCUT2D eigenvalue weighted by atomic mass is 10.2. The molecule has 2 heterocycles. The van der Waals surface area contributed by atoms with E-state index in [4.69, 9.17) is 0 Å². The van der Waals surface area contributed by atoms with E-state index in [2.05, 4.69) is 21.9 Å². The van der Waals surface area contributed by atoms with Crippen LogP contribution in [0.25, 0.3) is 0 Å². The molecule has 0 atom stereocenters. The van der Waals surface area contributed by atoms with Crippen molar-refractivity contribution in [2.45, 2.75) is 19.8 Å². The number of pyridine rings is 1. The summed E-state index contributed by atoms with van der Waals surface area (Å²) in [6.07, 6.45) is 8.84. The number of unbranched alkanes of at least 4 members (excludes halogenated alkanes) is 1. The highest BCUT2D eigenvalue weighted by Crippen LogP contribution is 2.09. The number of rotatable bonds is 7. The van der Waals surface area contributed by atoms with Crippen molar-refractivity contribution in [2.75, 3.05) is 18.0 Å². The van der Waals surface area contributed by atoms with Crippen molar-refractivity contribution in [2.24, 2.45) is 0 Å². The highest BCUT2D eigenvalue weighted by molar-refractivity contribution is 5.98. The first-order chi connectivity index (χ1) is 9.31. The van der Waals surface area contributed by atoms with E-state index in [9.17, 15) is 4.79 Å². The fourth-order valence-corrected chi connectivity index (χ4v) is 1.83. The van der Waals surface area contributed by atoms with Gasteiger partial charge in [0.25, 0.3) is 0 Å². The molecule has 0 radical (unpaired) electrons. The molecule has 5 heteroatoms. The Morgan fingerprint density at radius 1 is 1.42 bits per heavy atom. The fraction of sp³-hybridized carbons (Fsp3) is 0.357. The average Bonchev–Trinajstić information content (AvgIpc) is 2.98. The molecule has 0 aliphatic carbocycles. The van der Waals surface area contributed by atoms with Gasteiger partial charge >= 0.3 is 0 Å². The Kier molecular flexibility index (Phi) is 4.66. The minimum atomic E-state index is 0.0561. The number of H-pyrrole nitrogens is 1. The minimum Gasteiger partial charge on any atom is -0.335 e. The second kappa shape index (κ2) is 6.68. The highest BCUT2D eigenvalue weighted by Gasteiger charge is 2.14. The molecular weight excluding hydrogens is 240 g/mol. The summed E-state index contributed by atoms with van der Waals surface area (Å²) in [6, 6.07) is 3.56. The summed E-state index contributed by atoms with van der Waals surface area (Å²) in [6.45, 7) is 3.26. The molecule has 5 nitrogen and oxygen atoms in total. The number of aromatic nitrogens is 3. The van der Waals surface area contributed by atoms with Crippen LogP contribution in [-0.2, 0) is 0 Å². The summed E-state index contributed by atoms with van der Waals surface area (Å²) in [5, 5.41) is 0. The third-order valence-electron chi connectivity index (χ3n) is 2.88. The molecule has 19 heavy (non-hydrogen) atoms. The number of hydrogen-bond acceptors (Lipinski definition) is 4. The van der Waals surface area contributed by atoms with Gasteiger partial charge in [-0.1, -0.05) is 13.3 Å². The molecular formula is C14H18N4O. The molecule has 0 unspecified atom stereocenters. The molecule has 0 bridgehead atoms. The van der Waals surface area contributed by atoms with Gasteiger partial charge in [0.15, 0.2) is 5.78 Å². The average molecular weight is 258 g/mol. The van der Waals surface area contributed by atoms with Gasteiger partial charge in [-0.15, -0.1) is 0 Å². The third-order valence-corrected chi connectivity index (χ3v) is 2.88. The monoisotopic (exact) mass is 258 g/mol. The first kappa shape index (κ1) is 13.3. The first-order valence-electron chi connectivity index (χ1n) is 6.49. The van der Waals surface area contributed by atoms with E-state index < -0.39 is 0 Å². The Labute approximate surface area is 112 Å². The van der Waals surface area contributed by atoms with Gasteiger partial charge in [0, 0.05) is 36.9 Å².